The summed E-state index contributed by atoms with van der Waals surface area (Å²) in [5.74, 6) is 0.762. The maximum Gasteiger partial charge on any atom is 0.226 e. The van der Waals surface area contributed by atoms with Crippen LogP contribution >= 0.6 is 35.6 Å². The second-order valence-corrected chi connectivity index (χ2v) is 7.95. The average molecular weight is 405 g/mol. The highest BCUT2D eigenvalue weighted by molar-refractivity contribution is 6.42. The molecule has 25 heavy (non-hydrogen) atoms. The van der Waals surface area contributed by atoms with Crippen molar-refractivity contribution in [3.05, 3.63) is 33.8 Å². The fourth-order valence-corrected chi connectivity index (χ4v) is 4.41. The molecule has 0 aromatic heterocycles. The molecule has 2 aliphatic heterocycles. The topological polar surface area (TPSA) is 35.6 Å². The Labute approximate surface area is 165 Å². The third-order valence-electron chi connectivity index (χ3n) is 5.62. The molecule has 4 rings (SSSR count). The van der Waals surface area contributed by atoms with Gasteiger partial charge >= 0.3 is 0 Å². The Balaban J connectivity index is 0.00000182. The fourth-order valence-electron chi connectivity index (χ4n) is 4.10. The summed E-state index contributed by atoms with van der Waals surface area (Å²) in [5.41, 5.74) is 1.14. The van der Waals surface area contributed by atoms with E-state index in [9.17, 15) is 4.79 Å². The van der Waals surface area contributed by atoms with E-state index >= 15 is 0 Å². The van der Waals surface area contributed by atoms with Crippen LogP contribution in [0, 0.1) is 5.92 Å². The second-order valence-electron chi connectivity index (χ2n) is 7.13. The molecule has 0 spiro atoms. The minimum atomic E-state index is 0. The smallest absolute Gasteiger partial charge is 0.226 e. The number of amides is 1. The molecule has 3 unspecified atom stereocenters. The van der Waals surface area contributed by atoms with Crippen LogP contribution < -0.4 is 5.32 Å². The Morgan fingerprint density at radius 3 is 2.60 bits per heavy atom. The van der Waals surface area contributed by atoms with E-state index in [1.807, 2.05) is 18.2 Å². The molecule has 1 aromatic rings. The fraction of sp³-hybridized carbons (Fsp3) is 0.611. The van der Waals surface area contributed by atoms with Gasteiger partial charge in [0, 0.05) is 51.2 Å². The molecule has 2 heterocycles. The van der Waals surface area contributed by atoms with Crippen molar-refractivity contribution in [3.8, 4) is 0 Å². The van der Waals surface area contributed by atoms with E-state index in [2.05, 4.69) is 15.1 Å². The largest absolute Gasteiger partial charge is 0.341 e. The molecule has 3 fully saturated rings. The first-order valence-electron chi connectivity index (χ1n) is 8.82. The summed E-state index contributed by atoms with van der Waals surface area (Å²) in [4.78, 5) is 17.4. The van der Waals surface area contributed by atoms with Gasteiger partial charge in [-0.2, -0.15) is 0 Å². The highest BCUT2D eigenvalue weighted by Crippen LogP contribution is 2.49. The maximum atomic E-state index is 12.8. The van der Waals surface area contributed by atoms with Crippen molar-refractivity contribution >= 4 is 41.5 Å². The maximum absolute atomic E-state index is 12.8. The minimum absolute atomic E-state index is 0. The van der Waals surface area contributed by atoms with E-state index in [1.54, 1.807) is 0 Å². The highest BCUT2D eigenvalue weighted by Gasteiger charge is 2.47. The highest BCUT2D eigenvalue weighted by atomic mass is 35.5. The number of nitrogens with zero attached hydrogens (tertiary/aromatic N) is 2. The molecule has 1 amide bonds. The van der Waals surface area contributed by atoms with Crippen molar-refractivity contribution in [3.63, 3.8) is 0 Å². The van der Waals surface area contributed by atoms with Gasteiger partial charge in [0.2, 0.25) is 5.91 Å². The summed E-state index contributed by atoms with van der Waals surface area (Å²) in [6.45, 7) is 6.12. The quantitative estimate of drug-likeness (QED) is 0.841. The average Bonchev–Trinajstić information content (AvgIpc) is 3.25. The van der Waals surface area contributed by atoms with Crippen LogP contribution in [0.1, 0.15) is 24.3 Å². The molecule has 2 saturated heterocycles. The molecule has 138 valence electrons. The van der Waals surface area contributed by atoms with Crippen molar-refractivity contribution < 1.29 is 4.79 Å². The summed E-state index contributed by atoms with van der Waals surface area (Å²) in [6, 6.07) is 6.28. The number of carbonyl (C=O) groups excluding carboxylic acids is 1. The van der Waals surface area contributed by atoms with Gasteiger partial charge in [0.25, 0.3) is 0 Å². The summed E-state index contributed by atoms with van der Waals surface area (Å²) in [5, 5.41) is 4.54. The summed E-state index contributed by atoms with van der Waals surface area (Å²) in [6.07, 6.45) is 2.04. The number of benzene rings is 1. The van der Waals surface area contributed by atoms with Gasteiger partial charge in [0.15, 0.2) is 0 Å². The Bertz CT molecular complexity index is 636. The van der Waals surface area contributed by atoms with E-state index in [1.165, 1.54) is 0 Å². The molecule has 0 bridgehead atoms. The SMILES string of the molecule is Cl.O=C(C1CC1c1ccc(Cl)c(Cl)c1)N1CCC(N2CCNCC2)C1. The van der Waals surface area contributed by atoms with Crippen molar-refractivity contribution in [2.24, 2.45) is 5.92 Å². The van der Waals surface area contributed by atoms with Crippen molar-refractivity contribution in [2.45, 2.75) is 24.8 Å². The molecule has 3 atom stereocenters. The monoisotopic (exact) mass is 403 g/mol. The Morgan fingerprint density at radius 1 is 1.12 bits per heavy atom. The zero-order valence-corrected chi connectivity index (χ0v) is 16.4. The molecule has 7 heteroatoms. The normalized spacial score (nSPS) is 29.4. The first-order valence-corrected chi connectivity index (χ1v) is 9.57. The Kier molecular flexibility index (Phi) is 6.17. The zero-order chi connectivity index (χ0) is 16.7. The number of hydrogen-bond donors (Lipinski definition) is 1. The van der Waals surface area contributed by atoms with E-state index in [-0.39, 0.29) is 18.3 Å². The predicted octanol–water partition coefficient (Wildman–Crippen LogP) is 3.02. The van der Waals surface area contributed by atoms with Gasteiger partial charge in [-0.15, -0.1) is 12.4 Å². The van der Waals surface area contributed by atoms with Gasteiger partial charge in [-0.1, -0.05) is 29.3 Å². The van der Waals surface area contributed by atoms with Crippen LogP contribution in [-0.4, -0.2) is 61.0 Å². The lowest BCUT2D eigenvalue weighted by molar-refractivity contribution is -0.131. The van der Waals surface area contributed by atoms with Gasteiger partial charge in [-0.05, 0) is 36.5 Å². The van der Waals surface area contributed by atoms with Crippen molar-refractivity contribution in [2.75, 3.05) is 39.3 Å². The number of likely N-dealkylation sites (tertiary alicyclic amines) is 1. The predicted molar refractivity (Wildman–Crippen MR) is 104 cm³/mol. The minimum Gasteiger partial charge on any atom is -0.341 e. The second kappa shape index (κ2) is 8.01. The van der Waals surface area contributed by atoms with Crippen molar-refractivity contribution in [1.82, 2.24) is 15.1 Å². The van der Waals surface area contributed by atoms with Crippen LogP contribution in [0.5, 0.6) is 0 Å². The molecular weight excluding hydrogens is 381 g/mol. The molecule has 1 N–H and O–H groups in total. The first-order chi connectivity index (χ1) is 11.6. The summed E-state index contributed by atoms with van der Waals surface area (Å²) in [7, 11) is 0. The molecule has 4 nitrogen and oxygen atoms in total. The lowest BCUT2D eigenvalue weighted by Crippen LogP contribution is -2.49. The number of halogens is 3. The first kappa shape index (κ1) is 19.2. The standard InChI is InChI=1S/C18H23Cl2N3O.ClH/c19-16-2-1-12(9-17(16)20)14-10-15(14)18(24)23-6-3-13(11-23)22-7-4-21-5-8-22;/h1-2,9,13-15,21H,3-8,10-11H2;1H. The van der Waals surface area contributed by atoms with Crippen LogP contribution in [0.3, 0.4) is 0 Å². The lowest BCUT2D eigenvalue weighted by atomic mass is 10.1. The third-order valence-corrected chi connectivity index (χ3v) is 6.36. The van der Waals surface area contributed by atoms with E-state index in [0.717, 1.165) is 57.7 Å². The number of piperazine rings is 1. The van der Waals surface area contributed by atoms with Gasteiger partial charge in [-0.3, -0.25) is 9.69 Å². The van der Waals surface area contributed by atoms with Gasteiger partial charge in [0.05, 0.1) is 10.0 Å². The molecule has 3 aliphatic rings. The van der Waals surface area contributed by atoms with Crippen LogP contribution in [0.25, 0.3) is 0 Å². The molecule has 1 saturated carbocycles. The number of rotatable bonds is 3. The van der Waals surface area contributed by atoms with Gasteiger partial charge in [0.1, 0.15) is 0 Å². The zero-order valence-electron chi connectivity index (χ0n) is 14.1. The summed E-state index contributed by atoms with van der Waals surface area (Å²) < 4.78 is 0. The molecule has 1 aliphatic carbocycles. The summed E-state index contributed by atoms with van der Waals surface area (Å²) >= 11 is 12.1. The van der Waals surface area contributed by atoms with E-state index in [0.29, 0.717) is 27.9 Å². The third kappa shape index (κ3) is 4.09. The Morgan fingerprint density at radius 2 is 1.88 bits per heavy atom. The Hall–Kier alpha value is -0.520. The molecule has 1 aromatic carbocycles. The van der Waals surface area contributed by atoms with Crippen LogP contribution in [0.4, 0.5) is 0 Å². The molecular formula is C18H24Cl3N3O. The number of nitrogens with one attached hydrogen (secondary N) is 1. The lowest BCUT2D eigenvalue weighted by Gasteiger charge is -2.32. The van der Waals surface area contributed by atoms with Crippen LogP contribution in [0.15, 0.2) is 18.2 Å². The van der Waals surface area contributed by atoms with Crippen LogP contribution in [-0.2, 0) is 4.79 Å². The molecule has 0 radical (unpaired) electrons. The van der Waals surface area contributed by atoms with Crippen molar-refractivity contribution in [1.29, 1.82) is 0 Å². The van der Waals surface area contributed by atoms with E-state index < -0.39 is 0 Å². The van der Waals surface area contributed by atoms with Gasteiger partial charge in [-0.25, -0.2) is 0 Å². The van der Waals surface area contributed by atoms with Gasteiger partial charge < -0.3 is 10.2 Å². The van der Waals surface area contributed by atoms with E-state index in [4.69, 9.17) is 23.2 Å². The number of carbonyl (C=O) groups is 1. The number of hydrogen-bond acceptors (Lipinski definition) is 3. The van der Waals surface area contributed by atoms with Crippen LogP contribution in [0.2, 0.25) is 10.0 Å².